The minimum atomic E-state index is -9.26. The fraction of sp³-hybridized carbons (Fsp3) is 1.00. The van der Waals surface area contributed by atoms with E-state index in [0.29, 0.717) is 0 Å². The standard InChI is InChI=1S/C11HF23O5S/c12-1(13,3(16,17)5(20,21)11(33,34)40(35,36)37)2(14,15)4(18,19)7(25,26)38-9(29,30)10(31,32)39-8(27,28)6(22,23)24/h(H,35,36,37). The van der Waals surface area contributed by atoms with E-state index in [1.807, 2.05) is 0 Å². The lowest BCUT2D eigenvalue weighted by Gasteiger charge is -2.42. The number of hydrogen-bond acceptors (Lipinski definition) is 4. The Morgan fingerprint density at radius 1 is 0.375 bits per heavy atom. The van der Waals surface area contributed by atoms with Gasteiger partial charge in [0.05, 0.1) is 0 Å². The second kappa shape index (κ2) is 9.36. The molecule has 0 saturated heterocycles. The third-order valence-electron chi connectivity index (χ3n) is 3.81. The summed E-state index contributed by atoms with van der Waals surface area (Å²) in [6, 6.07) is 0. The second-order valence-electron chi connectivity index (χ2n) is 6.63. The summed E-state index contributed by atoms with van der Waals surface area (Å²) >= 11 is 0. The Bertz CT molecular complexity index is 1040. The highest BCUT2D eigenvalue weighted by Crippen LogP contribution is 2.63. The zero-order valence-corrected chi connectivity index (χ0v) is 17.5. The molecule has 242 valence electrons. The molecular weight excluding hydrogens is 681 g/mol. The summed E-state index contributed by atoms with van der Waals surface area (Å²) in [5.74, 6) is -45.4. The summed E-state index contributed by atoms with van der Waals surface area (Å²) in [7, 11) is -8.12. The molecule has 0 aliphatic carbocycles. The number of halogens is 23. The van der Waals surface area contributed by atoms with Crippen molar-refractivity contribution in [3.63, 3.8) is 0 Å². The van der Waals surface area contributed by atoms with Crippen molar-refractivity contribution < 1.29 is 123 Å². The summed E-state index contributed by atoms with van der Waals surface area (Å²) < 4.78 is 327. The van der Waals surface area contributed by atoms with E-state index in [4.69, 9.17) is 4.55 Å². The van der Waals surface area contributed by atoms with Crippen molar-refractivity contribution in [2.24, 2.45) is 0 Å². The molecule has 0 aromatic rings. The molecule has 29 heteroatoms. The summed E-state index contributed by atoms with van der Waals surface area (Å²) in [6.45, 7) is 0. The fourth-order valence-electron chi connectivity index (χ4n) is 1.68. The molecule has 0 amide bonds. The van der Waals surface area contributed by atoms with Crippen LogP contribution in [0.5, 0.6) is 0 Å². The zero-order chi connectivity index (χ0) is 33.4. The van der Waals surface area contributed by atoms with Gasteiger partial charge in [-0.1, -0.05) is 0 Å². The Hall–Kier alpha value is -1.78. The van der Waals surface area contributed by atoms with Crippen LogP contribution in [0.1, 0.15) is 0 Å². The molecule has 0 atom stereocenters. The molecule has 0 heterocycles. The van der Waals surface area contributed by atoms with Gasteiger partial charge in [0.15, 0.2) is 0 Å². The Morgan fingerprint density at radius 2 is 0.625 bits per heavy atom. The van der Waals surface area contributed by atoms with E-state index in [1.165, 1.54) is 0 Å². The van der Waals surface area contributed by atoms with E-state index in [0.717, 1.165) is 9.47 Å². The maximum atomic E-state index is 13.4. The maximum Gasteiger partial charge on any atom is 0.483 e. The lowest BCUT2D eigenvalue weighted by molar-refractivity contribution is -0.556. The molecule has 0 spiro atoms. The number of ether oxygens (including phenoxy) is 2. The Balaban J connectivity index is 6.84. The van der Waals surface area contributed by atoms with Crippen LogP contribution in [0.4, 0.5) is 101 Å². The Labute approximate surface area is 200 Å². The topological polar surface area (TPSA) is 72.8 Å². The molecule has 0 fully saturated rings. The van der Waals surface area contributed by atoms with E-state index in [1.54, 1.807) is 0 Å². The average Bonchev–Trinajstić information content (AvgIpc) is 2.63. The first kappa shape index (κ1) is 38.2. The van der Waals surface area contributed by atoms with Gasteiger partial charge in [0.1, 0.15) is 0 Å². The van der Waals surface area contributed by atoms with Crippen LogP contribution in [0, 0.1) is 0 Å². The van der Waals surface area contributed by atoms with Crippen LogP contribution in [-0.2, 0) is 19.6 Å². The van der Waals surface area contributed by atoms with Crippen molar-refractivity contribution in [3.8, 4) is 0 Å². The van der Waals surface area contributed by atoms with Crippen molar-refractivity contribution in [2.75, 3.05) is 0 Å². The molecule has 1 N–H and O–H groups in total. The van der Waals surface area contributed by atoms with Crippen molar-refractivity contribution in [1.82, 2.24) is 0 Å². The van der Waals surface area contributed by atoms with Crippen LogP contribution in [0.3, 0.4) is 0 Å². The maximum absolute atomic E-state index is 13.4. The van der Waals surface area contributed by atoms with Crippen LogP contribution in [0.2, 0.25) is 0 Å². The largest absolute Gasteiger partial charge is 0.483 e. The van der Waals surface area contributed by atoms with E-state index in [9.17, 15) is 109 Å². The normalized spacial score (nSPS) is 16.9. The molecule has 0 aromatic heterocycles. The van der Waals surface area contributed by atoms with Gasteiger partial charge in [0.25, 0.3) is 0 Å². The molecule has 0 saturated carbocycles. The fourth-order valence-corrected chi connectivity index (χ4v) is 2.13. The van der Waals surface area contributed by atoms with Gasteiger partial charge >= 0.3 is 75.6 Å². The first-order valence-electron chi connectivity index (χ1n) is 7.88. The molecule has 0 unspecified atom stereocenters. The van der Waals surface area contributed by atoms with Crippen LogP contribution in [0.15, 0.2) is 0 Å². The third kappa shape index (κ3) is 5.40. The minimum absolute atomic E-state index is 0.893. The van der Waals surface area contributed by atoms with Crippen LogP contribution >= 0.6 is 0 Å². The highest BCUT2D eigenvalue weighted by molar-refractivity contribution is 7.87. The Morgan fingerprint density at radius 3 is 0.900 bits per heavy atom. The van der Waals surface area contributed by atoms with E-state index < -0.39 is 75.6 Å². The number of rotatable bonds is 12. The van der Waals surface area contributed by atoms with Gasteiger partial charge in [-0.05, 0) is 0 Å². The summed E-state index contributed by atoms with van der Waals surface area (Å²) in [5.41, 5.74) is 0. The van der Waals surface area contributed by atoms with Gasteiger partial charge in [-0.15, -0.1) is 0 Å². The number of hydrogen-bond donors (Lipinski definition) is 1. The highest BCUT2D eigenvalue weighted by atomic mass is 32.2. The van der Waals surface area contributed by atoms with Crippen molar-refractivity contribution in [3.05, 3.63) is 0 Å². The van der Waals surface area contributed by atoms with Crippen molar-refractivity contribution >= 4 is 10.1 Å². The smallest absolute Gasteiger partial charge is 0.281 e. The van der Waals surface area contributed by atoms with Gasteiger partial charge in [-0.2, -0.15) is 109 Å². The quantitative estimate of drug-likeness (QED) is 0.186. The van der Waals surface area contributed by atoms with E-state index in [2.05, 4.69) is 0 Å². The average molecular weight is 682 g/mol. The first-order chi connectivity index (χ1) is 16.7. The summed E-state index contributed by atoms with van der Waals surface area (Å²) in [5, 5.41) is -8.08. The van der Waals surface area contributed by atoms with E-state index in [-0.39, 0.29) is 0 Å². The molecule has 5 nitrogen and oxygen atoms in total. The summed E-state index contributed by atoms with van der Waals surface area (Å²) in [4.78, 5) is 0. The predicted molar refractivity (Wildman–Crippen MR) is 69.2 cm³/mol. The lowest BCUT2D eigenvalue weighted by atomic mass is 9.93. The van der Waals surface area contributed by atoms with Gasteiger partial charge in [0.2, 0.25) is 0 Å². The predicted octanol–water partition coefficient (Wildman–Crippen LogP) is 6.61. The molecule has 0 aromatic carbocycles. The van der Waals surface area contributed by atoms with Crippen LogP contribution in [-0.4, -0.2) is 78.4 Å². The third-order valence-corrected chi connectivity index (χ3v) is 4.72. The molecule has 0 aliphatic heterocycles. The lowest BCUT2D eigenvalue weighted by Crippen LogP contribution is -2.74. The van der Waals surface area contributed by atoms with Crippen LogP contribution < -0.4 is 0 Å². The minimum Gasteiger partial charge on any atom is -0.281 e. The zero-order valence-electron chi connectivity index (χ0n) is 16.7. The van der Waals surface area contributed by atoms with Crippen molar-refractivity contribution in [2.45, 2.75) is 65.5 Å². The summed E-state index contributed by atoms with van der Waals surface area (Å²) in [6.07, 6.45) is -40.0. The van der Waals surface area contributed by atoms with Gasteiger partial charge < -0.3 is 0 Å². The van der Waals surface area contributed by atoms with Crippen LogP contribution in [0.25, 0.3) is 0 Å². The molecule has 0 radical (unpaired) electrons. The van der Waals surface area contributed by atoms with Gasteiger partial charge in [0, 0.05) is 0 Å². The molecule has 0 rings (SSSR count). The molecule has 0 bridgehead atoms. The molecule has 40 heavy (non-hydrogen) atoms. The van der Waals surface area contributed by atoms with E-state index >= 15 is 0 Å². The monoisotopic (exact) mass is 682 g/mol. The second-order valence-corrected chi connectivity index (χ2v) is 8.10. The molecular formula is C11HF23O5S. The first-order valence-corrected chi connectivity index (χ1v) is 9.32. The van der Waals surface area contributed by atoms with Gasteiger partial charge in [-0.3, -0.25) is 4.55 Å². The SMILES string of the molecule is O=S(=O)(O)C(F)(F)C(F)(F)C(F)(F)C(F)(F)C(F)(F)C(F)(F)C(F)(F)OC(F)(F)C(F)(F)OC(F)(F)C(F)(F)F. The van der Waals surface area contributed by atoms with Gasteiger partial charge in [-0.25, -0.2) is 9.47 Å². The highest BCUT2D eigenvalue weighted by Gasteiger charge is 2.95. The van der Waals surface area contributed by atoms with Crippen molar-refractivity contribution in [1.29, 1.82) is 0 Å². The Kier molecular flexibility index (Phi) is 8.95. The molecule has 0 aliphatic rings. The number of alkyl halides is 23.